The van der Waals surface area contributed by atoms with Gasteiger partial charge in [-0.05, 0) is 54.7 Å². The topological polar surface area (TPSA) is 47.9 Å². The van der Waals surface area contributed by atoms with Crippen LogP contribution in [-0.2, 0) is 6.54 Å². The quantitative estimate of drug-likeness (QED) is 0.617. The summed E-state index contributed by atoms with van der Waals surface area (Å²) in [6, 6.07) is 17.7. The number of anilines is 1. The van der Waals surface area contributed by atoms with Gasteiger partial charge in [0.15, 0.2) is 5.11 Å². The van der Waals surface area contributed by atoms with Crippen molar-refractivity contribution in [2.24, 2.45) is 0 Å². The molecule has 30 heavy (non-hydrogen) atoms. The maximum absolute atomic E-state index is 5.85. The van der Waals surface area contributed by atoms with Crippen LogP contribution in [0.1, 0.15) is 17.3 Å². The molecule has 0 saturated heterocycles. The van der Waals surface area contributed by atoms with Gasteiger partial charge in [-0.3, -0.25) is 0 Å². The van der Waals surface area contributed by atoms with Crippen molar-refractivity contribution in [2.45, 2.75) is 12.6 Å². The lowest BCUT2D eigenvalue weighted by atomic mass is 9.99. The second kappa shape index (κ2) is 8.67. The molecule has 6 nitrogen and oxygen atoms in total. The number of fused-ring (bicyclic) bond motifs is 1. The molecule has 1 aromatic heterocycles. The number of thiocarbonyl (C=S) groups is 1. The molecule has 0 saturated carbocycles. The second-order valence-corrected chi connectivity index (χ2v) is 7.38. The van der Waals surface area contributed by atoms with Crippen LogP contribution in [0.5, 0.6) is 17.2 Å². The van der Waals surface area contributed by atoms with Crippen LogP contribution < -0.4 is 19.5 Å². The Hall–Kier alpha value is -3.19. The van der Waals surface area contributed by atoms with Crippen molar-refractivity contribution in [3.8, 4) is 17.2 Å². The highest BCUT2D eigenvalue weighted by atomic mass is 32.1. The number of methoxy groups -OCH3 is 3. The van der Waals surface area contributed by atoms with Gasteiger partial charge in [0.25, 0.3) is 0 Å². The molecule has 2 aromatic carbocycles. The summed E-state index contributed by atoms with van der Waals surface area (Å²) in [5, 5.41) is 4.02. The van der Waals surface area contributed by atoms with E-state index in [4.69, 9.17) is 26.4 Å². The van der Waals surface area contributed by atoms with Gasteiger partial charge < -0.3 is 29.0 Å². The smallest absolute Gasteiger partial charge is 0.174 e. The first kappa shape index (κ1) is 20.1. The predicted molar refractivity (Wildman–Crippen MR) is 122 cm³/mol. The van der Waals surface area contributed by atoms with Crippen molar-refractivity contribution in [1.29, 1.82) is 0 Å². The number of benzene rings is 2. The maximum Gasteiger partial charge on any atom is 0.174 e. The fourth-order valence-electron chi connectivity index (χ4n) is 3.88. The Labute approximate surface area is 182 Å². The zero-order valence-corrected chi connectivity index (χ0v) is 18.1. The average molecular weight is 424 g/mol. The summed E-state index contributed by atoms with van der Waals surface area (Å²) in [5.74, 6) is 2.35. The van der Waals surface area contributed by atoms with Crippen LogP contribution >= 0.6 is 12.2 Å². The fourth-order valence-corrected chi connectivity index (χ4v) is 4.19. The van der Waals surface area contributed by atoms with Gasteiger partial charge in [-0.1, -0.05) is 6.07 Å². The van der Waals surface area contributed by atoms with E-state index in [9.17, 15) is 0 Å². The number of ether oxygens (including phenoxy) is 3. The third-order valence-corrected chi connectivity index (χ3v) is 5.69. The van der Waals surface area contributed by atoms with Crippen molar-refractivity contribution in [2.75, 3.05) is 33.2 Å². The molecular formula is C23H25N3O3S. The molecule has 0 radical (unpaired) electrons. The minimum Gasteiger partial charge on any atom is -0.497 e. The van der Waals surface area contributed by atoms with E-state index in [-0.39, 0.29) is 6.04 Å². The molecule has 1 N–H and O–H groups in total. The Bertz CT molecular complexity index is 1050. The first-order valence-electron chi connectivity index (χ1n) is 9.73. The standard InChI is InChI=1S/C23H25N3O3S/c1-27-17-7-4-6-16(14-17)24-23(30)26-13-12-25-11-5-8-20(25)22(26)19-15-18(28-2)9-10-21(19)29-3/h4-11,14-15,22H,12-13H2,1-3H3,(H,24,30)/t22-/m1/s1. The molecule has 0 spiro atoms. The molecule has 0 amide bonds. The molecule has 7 heteroatoms. The van der Waals surface area contributed by atoms with Crippen molar-refractivity contribution < 1.29 is 14.2 Å². The highest BCUT2D eigenvalue weighted by molar-refractivity contribution is 7.80. The zero-order chi connectivity index (χ0) is 21.1. The van der Waals surface area contributed by atoms with Crippen molar-refractivity contribution in [1.82, 2.24) is 9.47 Å². The van der Waals surface area contributed by atoms with E-state index in [1.165, 1.54) is 0 Å². The maximum atomic E-state index is 5.85. The van der Waals surface area contributed by atoms with E-state index in [0.29, 0.717) is 5.11 Å². The summed E-state index contributed by atoms with van der Waals surface area (Å²) < 4.78 is 18.8. The van der Waals surface area contributed by atoms with E-state index >= 15 is 0 Å². The number of rotatable bonds is 5. The fraction of sp³-hybridized carbons (Fsp3) is 0.261. The van der Waals surface area contributed by atoms with Gasteiger partial charge in [-0.2, -0.15) is 0 Å². The average Bonchev–Trinajstić information content (AvgIpc) is 3.27. The highest BCUT2D eigenvalue weighted by Crippen LogP contribution is 2.39. The van der Waals surface area contributed by atoms with E-state index < -0.39 is 0 Å². The molecule has 0 fully saturated rings. The van der Waals surface area contributed by atoms with Crippen molar-refractivity contribution >= 4 is 23.0 Å². The largest absolute Gasteiger partial charge is 0.497 e. The molecule has 0 bridgehead atoms. The Balaban J connectivity index is 1.73. The Morgan fingerprint density at radius 3 is 2.50 bits per heavy atom. The van der Waals surface area contributed by atoms with E-state index in [1.807, 2.05) is 42.5 Å². The van der Waals surface area contributed by atoms with Crippen LogP contribution in [0.4, 0.5) is 5.69 Å². The predicted octanol–water partition coefficient (Wildman–Crippen LogP) is 4.32. The number of hydrogen-bond acceptors (Lipinski definition) is 4. The summed E-state index contributed by atoms with van der Waals surface area (Å²) in [7, 11) is 5.01. The molecule has 0 aliphatic carbocycles. The summed E-state index contributed by atoms with van der Waals surface area (Å²) in [6.07, 6.45) is 2.10. The number of nitrogens with one attached hydrogen (secondary N) is 1. The summed E-state index contributed by atoms with van der Waals surface area (Å²) >= 11 is 5.85. The lowest BCUT2D eigenvalue weighted by Crippen LogP contribution is -2.44. The van der Waals surface area contributed by atoms with Gasteiger partial charge >= 0.3 is 0 Å². The third kappa shape index (κ3) is 3.80. The van der Waals surface area contributed by atoms with Crippen LogP contribution in [0.15, 0.2) is 60.8 Å². The molecule has 1 aliphatic rings. The first-order valence-corrected chi connectivity index (χ1v) is 10.1. The monoisotopic (exact) mass is 423 g/mol. The van der Waals surface area contributed by atoms with E-state index in [2.05, 4.69) is 33.1 Å². The highest BCUT2D eigenvalue weighted by Gasteiger charge is 2.33. The summed E-state index contributed by atoms with van der Waals surface area (Å²) in [5.41, 5.74) is 3.05. The first-order chi connectivity index (χ1) is 14.6. The Morgan fingerprint density at radius 1 is 0.933 bits per heavy atom. The van der Waals surface area contributed by atoms with Crippen LogP contribution in [0.2, 0.25) is 0 Å². The molecular weight excluding hydrogens is 398 g/mol. The Morgan fingerprint density at radius 2 is 1.73 bits per heavy atom. The van der Waals surface area contributed by atoms with Gasteiger partial charge in [0.05, 0.1) is 21.3 Å². The normalized spacial score (nSPS) is 15.3. The van der Waals surface area contributed by atoms with Gasteiger partial charge in [-0.15, -0.1) is 0 Å². The summed E-state index contributed by atoms with van der Waals surface area (Å²) in [6.45, 7) is 1.62. The van der Waals surface area contributed by atoms with Crippen molar-refractivity contribution in [3.05, 3.63) is 72.1 Å². The van der Waals surface area contributed by atoms with Gasteiger partial charge in [-0.25, -0.2) is 0 Å². The van der Waals surface area contributed by atoms with Crippen LogP contribution in [0.25, 0.3) is 0 Å². The summed E-state index contributed by atoms with van der Waals surface area (Å²) in [4.78, 5) is 2.20. The number of hydrogen-bond donors (Lipinski definition) is 1. The minimum absolute atomic E-state index is 0.107. The van der Waals surface area contributed by atoms with Crippen LogP contribution in [0.3, 0.4) is 0 Å². The van der Waals surface area contributed by atoms with Crippen molar-refractivity contribution in [3.63, 3.8) is 0 Å². The number of aromatic nitrogens is 1. The molecule has 1 atom stereocenters. The lowest BCUT2D eigenvalue weighted by molar-refractivity contribution is 0.284. The van der Waals surface area contributed by atoms with Crippen LogP contribution in [0, 0.1) is 0 Å². The third-order valence-electron chi connectivity index (χ3n) is 5.35. The van der Waals surface area contributed by atoms with E-state index in [0.717, 1.165) is 47.3 Å². The van der Waals surface area contributed by atoms with Gasteiger partial charge in [0, 0.05) is 42.3 Å². The minimum atomic E-state index is -0.107. The molecule has 1 aliphatic heterocycles. The zero-order valence-electron chi connectivity index (χ0n) is 17.3. The van der Waals surface area contributed by atoms with Crippen LogP contribution in [-0.4, -0.2) is 42.5 Å². The Kier molecular flexibility index (Phi) is 5.81. The molecule has 3 aromatic rings. The molecule has 156 valence electrons. The van der Waals surface area contributed by atoms with Gasteiger partial charge in [0.1, 0.15) is 23.3 Å². The van der Waals surface area contributed by atoms with Gasteiger partial charge in [0.2, 0.25) is 0 Å². The molecule has 4 rings (SSSR count). The molecule has 0 unspecified atom stereocenters. The number of nitrogens with zero attached hydrogens (tertiary/aromatic N) is 2. The SMILES string of the molecule is COc1cccc(NC(=S)N2CCn3cccc3[C@H]2c2cc(OC)ccc2OC)c1. The second-order valence-electron chi connectivity index (χ2n) is 6.99. The lowest BCUT2D eigenvalue weighted by Gasteiger charge is -2.39. The van der Waals surface area contributed by atoms with E-state index in [1.54, 1.807) is 21.3 Å². The molecule has 2 heterocycles.